The lowest BCUT2D eigenvalue weighted by Crippen LogP contribution is -2.35. The third-order valence-corrected chi connectivity index (χ3v) is 4.51. The van der Waals surface area contributed by atoms with Gasteiger partial charge < -0.3 is 14.7 Å². The van der Waals surface area contributed by atoms with Gasteiger partial charge in [-0.3, -0.25) is 9.48 Å². The number of carboxylic acid groups (broad SMARTS) is 1. The summed E-state index contributed by atoms with van der Waals surface area (Å²) in [6, 6.07) is 11.9. The lowest BCUT2D eigenvalue weighted by atomic mass is 9.95. The van der Waals surface area contributed by atoms with Crippen LogP contribution in [0.1, 0.15) is 30.9 Å². The molecule has 1 aliphatic rings. The fourth-order valence-corrected chi connectivity index (χ4v) is 3.32. The third-order valence-electron chi connectivity index (χ3n) is 4.51. The molecule has 1 unspecified atom stereocenters. The first-order valence-corrected chi connectivity index (χ1v) is 8.86. The maximum atomic E-state index is 10.8. The van der Waals surface area contributed by atoms with Crippen LogP contribution in [0.4, 0.5) is 0 Å². The van der Waals surface area contributed by atoms with Crippen molar-refractivity contribution in [1.82, 2.24) is 14.7 Å². The lowest BCUT2D eigenvalue weighted by Gasteiger charge is -2.31. The SMILES string of the molecule is O=C(O)Cn1ccc(C2CCCN(CCCOc3ccccc3)C2)n1. The second-order valence-corrected chi connectivity index (χ2v) is 6.49. The van der Waals surface area contributed by atoms with Gasteiger partial charge in [0.25, 0.3) is 0 Å². The second kappa shape index (κ2) is 8.67. The van der Waals surface area contributed by atoms with Crippen LogP contribution in [0.3, 0.4) is 0 Å². The highest BCUT2D eigenvalue weighted by Crippen LogP contribution is 2.25. The van der Waals surface area contributed by atoms with Gasteiger partial charge in [-0.25, -0.2) is 0 Å². The van der Waals surface area contributed by atoms with E-state index in [9.17, 15) is 4.79 Å². The van der Waals surface area contributed by atoms with E-state index in [1.54, 1.807) is 6.20 Å². The van der Waals surface area contributed by atoms with Gasteiger partial charge in [-0.2, -0.15) is 5.10 Å². The molecule has 1 fully saturated rings. The van der Waals surface area contributed by atoms with E-state index in [-0.39, 0.29) is 6.54 Å². The summed E-state index contributed by atoms with van der Waals surface area (Å²) >= 11 is 0. The van der Waals surface area contributed by atoms with E-state index in [1.807, 2.05) is 36.4 Å². The highest BCUT2D eigenvalue weighted by molar-refractivity contribution is 5.66. The molecule has 6 nitrogen and oxygen atoms in total. The monoisotopic (exact) mass is 343 g/mol. The number of piperidine rings is 1. The van der Waals surface area contributed by atoms with Crippen LogP contribution in [-0.4, -0.2) is 52.0 Å². The van der Waals surface area contributed by atoms with Crippen molar-refractivity contribution in [2.24, 2.45) is 0 Å². The zero-order chi connectivity index (χ0) is 17.5. The van der Waals surface area contributed by atoms with Crippen molar-refractivity contribution in [3.8, 4) is 5.75 Å². The minimum atomic E-state index is -0.863. The Morgan fingerprint density at radius 2 is 2.12 bits per heavy atom. The van der Waals surface area contributed by atoms with Crippen LogP contribution in [0.15, 0.2) is 42.6 Å². The Bertz CT molecular complexity index is 672. The van der Waals surface area contributed by atoms with E-state index in [0.717, 1.165) is 56.9 Å². The number of aromatic nitrogens is 2. The van der Waals surface area contributed by atoms with Crippen molar-refractivity contribution in [1.29, 1.82) is 0 Å². The number of hydrogen-bond acceptors (Lipinski definition) is 4. The molecule has 1 aromatic heterocycles. The number of carboxylic acids is 1. The maximum absolute atomic E-state index is 10.8. The molecule has 0 radical (unpaired) electrons. The van der Waals surface area contributed by atoms with Crippen molar-refractivity contribution in [2.45, 2.75) is 31.7 Å². The molecule has 0 amide bonds. The minimum Gasteiger partial charge on any atom is -0.494 e. The molecule has 0 saturated carbocycles. The quantitative estimate of drug-likeness (QED) is 0.746. The van der Waals surface area contributed by atoms with Gasteiger partial charge in [0.1, 0.15) is 12.3 Å². The number of aliphatic carboxylic acids is 1. The fourth-order valence-electron chi connectivity index (χ4n) is 3.32. The topological polar surface area (TPSA) is 67.6 Å². The Hall–Kier alpha value is -2.34. The summed E-state index contributed by atoms with van der Waals surface area (Å²) in [5, 5.41) is 13.3. The van der Waals surface area contributed by atoms with Crippen molar-refractivity contribution in [3.05, 3.63) is 48.3 Å². The van der Waals surface area contributed by atoms with Crippen LogP contribution in [0, 0.1) is 0 Å². The highest BCUT2D eigenvalue weighted by Gasteiger charge is 2.23. The predicted molar refractivity (Wildman–Crippen MR) is 94.8 cm³/mol. The fraction of sp³-hybridized carbons (Fsp3) is 0.474. The lowest BCUT2D eigenvalue weighted by molar-refractivity contribution is -0.137. The molecule has 3 rings (SSSR count). The van der Waals surface area contributed by atoms with Crippen LogP contribution >= 0.6 is 0 Å². The van der Waals surface area contributed by atoms with Gasteiger partial charge in [0.15, 0.2) is 0 Å². The summed E-state index contributed by atoms with van der Waals surface area (Å²) in [4.78, 5) is 13.2. The van der Waals surface area contributed by atoms with Gasteiger partial charge in [-0.05, 0) is 44.0 Å². The largest absolute Gasteiger partial charge is 0.494 e. The molecule has 0 spiro atoms. The van der Waals surface area contributed by atoms with Gasteiger partial charge in [0, 0.05) is 25.2 Å². The van der Waals surface area contributed by atoms with E-state index in [1.165, 1.54) is 4.68 Å². The summed E-state index contributed by atoms with van der Waals surface area (Å²) in [6.45, 7) is 3.75. The molecule has 1 N–H and O–H groups in total. The number of para-hydroxylation sites is 1. The zero-order valence-electron chi connectivity index (χ0n) is 14.4. The molecule has 25 heavy (non-hydrogen) atoms. The summed E-state index contributed by atoms with van der Waals surface area (Å²) < 4.78 is 7.26. The van der Waals surface area contributed by atoms with Gasteiger partial charge in [-0.1, -0.05) is 18.2 Å². The first-order valence-electron chi connectivity index (χ1n) is 8.86. The first kappa shape index (κ1) is 17.5. The molecule has 1 aromatic carbocycles. The Kier molecular flexibility index (Phi) is 6.06. The van der Waals surface area contributed by atoms with Crippen molar-refractivity contribution < 1.29 is 14.6 Å². The van der Waals surface area contributed by atoms with Gasteiger partial charge in [-0.15, -0.1) is 0 Å². The number of likely N-dealkylation sites (tertiary alicyclic amines) is 1. The number of hydrogen-bond donors (Lipinski definition) is 1. The Morgan fingerprint density at radius 1 is 1.28 bits per heavy atom. The number of rotatable bonds is 8. The van der Waals surface area contributed by atoms with Crippen LogP contribution in [-0.2, 0) is 11.3 Å². The standard InChI is InChI=1S/C19H25N3O3/c23-19(24)15-22-12-9-18(20-22)16-6-4-10-21(14-16)11-5-13-25-17-7-2-1-3-8-17/h1-3,7-9,12,16H,4-6,10-11,13-15H2,(H,23,24). The van der Waals surface area contributed by atoms with E-state index in [0.29, 0.717) is 5.92 Å². The number of ether oxygens (including phenoxy) is 1. The molecule has 2 aromatic rings. The van der Waals surface area contributed by atoms with Gasteiger partial charge >= 0.3 is 5.97 Å². The minimum absolute atomic E-state index is 0.0761. The zero-order valence-corrected chi connectivity index (χ0v) is 14.4. The smallest absolute Gasteiger partial charge is 0.325 e. The first-order chi connectivity index (χ1) is 12.2. The van der Waals surface area contributed by atoms with Crippen molar-refractivity contribution >= 4 is 5.97 Å². The van der Waals surface area contributed by atoms with Gasteiger partial charge in [0.2, 0.25) is 0 Å². The molecule has 6 heteroatoms. The van der Waals surface area contributed by atoms with Crippen LogP contribution in [0.2, 0.25) is 0 Å². The third kappa shape index (κ3) is 5.32. The van der Waals surface area contributed by atoms with Crippen molar-refractivity contribution in [2.75, 3.05) is 26.2 Å². The summed E-state index contributed by atoms with van der Waals surface area (Å²) in [6.07, 6.45) is 5.02. The molecular weight excluding hydrogens is 318 g/mol. The number of carbonyl (C=O) groups is 1. The molecule has 0 bridgehead atoms. The highest BCUT2D eigenvalue weighted by atomic mass is 16.5. The average Bonchev–Trinajstić information content (AvgIpc) is 3.08. The van der Waals surface area contributed by atoms with Crippen LogP contribution < -0.4 is 4.74 Å². The van der Waals surface area contributed by atoms with E-state index >= 15 is 0 Å². The van der Waals surface area contributed by atoms with E-state index in [4.69, 9.17) is 9.84 Å². The van der Waals surface area contributed by atoms with E-state index < -0.39 is 5.97 Å². The number of nitrogens with zero attached hydrogens (tertiary/aromatic N) is 3. The normalized spacial score (nSPS) is 18.2. The Balaban J connectivity index is 1.43. The predicted octanol–water partition coefficient (Wildman–Crippen LogP) is 2.62. The summed E-state index contributed by atoms with van der Waals surface area (Å²) in [7, 11) is 0. The molecule has 1 atom stereocenters. The molecule has 134 valence electrons. The summed E-state index contributed by atoms with van der Waals surface area (Å²) in [5.74, 6) is 0.445. The van der Waals surface area contributed by atoms with Crippen LogP contribution in [0.25, 0.3) is 0 Å². The summed E-state index contributed by atoms with van der Waals surface area (Å²) in [5.41, 5.74) is 1.01. The molecule has 2 heterocycles. The Labute approximate surface area is 148 Å². The van der Waals surface area contributed by atoms with Crippen LogP contribution in [0.5, 0.6) is 5.75 Å². The van der Waals surface area contributed by atoms with Gasteiger partial charge in [0.05, 0.1) is 12.3 Å². The molecule has 1 aliphatic heterocycles. The average molecular weight is 343 g/mol. The molecule has 1 saturated heterocycles. The maximum Gasteiger partial charge on any atom is 0.325 e. The Morgan fingerprint density at radius 3 is 2.92 bits per heavy atom. The second-order valence-electron chi connectivity index (χ2n) is 6.49. The number of benzene rings is 1. The molecular formula is C19H25N3O3. The van der Waals surface area contributed by atoms with E-state index in [2.05, 4.69) is 10.00 Å². The molecule has 0 aliphatic carbocycles. The van der Waals surface area contributed by atoms with Crippen molar-refractivity contribution in [3.63, 3.8) is 0 Å².